The SMILES string of the molecule is COC1(C)CCCN(C(=O)NCCC(C)CCC(=O)O)C1. The molecule has 0 aromatic carbocycles. The fourth-order valence-electron chi connectivity index (χ4n) is 2.60. The van der Waals surface area contributed by atoms with E-state index in [-0.39, 0.29) is 18.1 Å². The Kier molecular flexibility index (Phi) is 6.95. The van der Waals surface area contributed by atoms with Crippen molar-refractivity contribution in [1.29, 1.82) is 0 Å². The molecule has 1 saturated heterocycles. The number of aliphatic carboxylic acids is 1. The van der Waals surface area contributed by atoms with Crippen molar-refractivity contribution >= 4 is 12.0 Å². The summed E-state index contributed by atoms with van der Waals surface area (Å²) in [6.45, 7) is 6.00. The molecule has 21 heavy (non-hydrogen) atoms. The molecular weight excluding hydrogens is 272 g/mol. The second-order valence-corrected chi connectivity index (χ2v) is 6.24. The standard InChI is InChI=1S/C15H28N2O4/c1-12(5-6-13(18)19)7-9-16-14(20)17-10-4-8-15(2,11-17)21-3/h12H,4-11H2,1-3H3,(H,16,20)(H,18,19). The lowest BCUT2D eigenvalue weighted by Gasteiger charge is -2.39. The number of methoxy groups -OCH3 is 1. The summed E-state index contributed by atoms with van der Waals surface area (Å²) < 4.78 is 5.48. The van der Waals surface area contributed by atoms with Gasteiger partial charge in [0.1, 0.15) is 0 Å². The zero-order chi connectivity index (χ0) is 15.9. The monoisotopic (exact) mass is 300 g/mol. The highest BCUT2D eigenvalue weighted by Gasteiger charge is 2.32. The van der Waals surface area contributed by atoms with Gasteiger partial charge < -0.3 is 20.1 Å². The maximum atomic E-state index is 12.1. The number of amides is 2. The molecule has 0 spiro atoms. The lowest BCUT2D eigenvalue weighted by atomic mass is 9.95. The van der Waals surface area contributed by atoms with Crippen molar-refractivity contribution in [1.82, 2.24) is 10.2 Å². The van der Waals surface area contributed by atoms with E-state index in [1.54, 1.807) is 12.0 Å². The van der Waals surface area contributed by atoms with Gasteiger partial charge in [-0.3, -0.25) is 4.79 Å². The first-order valence-corrected chi connectivity index (χ1v) is 7.66. The number of rotatable bonds is 7. The van der Waals surface area contributed by atoms with Crippen LogP contribution in [0.25, 0.3) is 0 Å². The van der Waals surface area contributed by atoms with Crippen molar-refractivity contribution in [3.8, 4) is 0 Å². The van der Waals surface area contributed by atoms with E-state index >= 15 is 0 Å². The van der Waals surface area contributed by atoms with Gasteiger partial charge in [0.15, 0.2) is 0 Å². The lowest BCUT2D eigenvalue weighted by molar-refractivity contribution is -0.137. The fourth-order valence-corrected chi connectivity index (χ4v) is 2.60. The summed E-state index contributed by atoms with van der Waals surface area (Å²) in [5.74, 6) is -0.468. The van der Waals surface area contributed by atoms with Gasteiger partial charge in [-0.1, -0.05) is 6.92 Å². The van der Waals surface area contributed by atoms with E-state index in [1.807, 2.05) is 13.8 Å². The molecule has 1 fully saturated rings. The van der Waals surface area contributed by atoms with E-state index in [1.165, 1.54) is 0 Å². The number of carboxylic acid groups (broad SMARTS) is 1. The molecule has 6 heteroatoms. The Morgan fingerprint density at radius 1 is 1.43 bits per heavy atom. The van der Waals surface area contributed by atoms with E-state index in [0.29, 0.717) is 25.4 Å². The van der Waals surface area contributed by atoms with Gasteiger partial charge in [0.2, 0.25) is 0 Å². The molecule has 0 radical (unpaired) electrons. The number of hydrogen-bond acceptors (Lipinski definition) is 3. The summed E-state index contributed by atoms with van der Waals surface area (Å²) in [4.78, 5) is 24.4. The molecule has 0 aromatic heterocycles. The number of carbonyl (C=O) groups excluding carboxylic acids is 1. The summed E-state index contributed by atoms with van der Waals surface area (Å²) in [5.41, 5.74) is -0.246. The third kappa shape index (κ3) is 6.33. The Bertz CT molecular complexity index is 362. The fraction of sp³-hybridized carbons (Fsp3) is 0.867. The minimum atomic E-state index is -0.766. The molecule has 0 saturated carbocycles. The molecule has 0 bridgehead atoms. The Labute approximate surface area is 126 Å². The third-order valence-electron chi connectivity index (χ3n) is 4.20. The molecule has 2 atom stereocenters. The molecule has 2 N–H and O–H groups in total. The topological polar surface area (TPSA) is 78.9 Å². The van der Waals surface area contributed by atoms with Crippen LogP contribution in [0.15, 0.2) is 0 Å². The first-order valence-electron chi connectivity index (χ1n) is 7.66. The summed E-state index contributed by atoms with van der Waals surface area (Å²) in [5, 5.41) is 11.5. The second kappa shape index (κ2) is 8.22. The molecule has 6 nitrogen and oxygen atoms in total. The summed E-state index contributed by atoms with van der Waals surface area (Å²) in [7, 11) is 1.69. The number of ether oxygens (including phenoxy) is 1. The minimum absolute atomic E-state index is 0.0524. The highest BCUT2D eigenvalue weighted by atomic mass is 16.5. The average Bonchev–Trinajstić information content (AvgIpc) is 2.45. The van der Waals surface area contributed by atoms with Gasteiger partial charge in [-0.05, 0) is 38.5 Å². The molecule has 2 unspecified atom stereocenters. The maximum Gasteiger partial charge on any atom is 0.317 e. The molecule has 122 valence electrons. The molecule has 0 aromatic rings. The minimum Gasteiger partial charge on any atom is -0.481 e. The lowest BCUT2D eigenvalue weighted by Crippen LogP contribution is -2.52. The van der Waals surface area contributed by atoms with Gasteiger partial charge in [0.05, 0.1) is 12.1 Å². The number of urea groups is 1. The van der Waals surface area contributed by atoms with Crippen molar-refractivity contribution in [2.24, 2.45) is 5.92 Å². The van der Waals surface area contributed by atoms with Crippen LogP contribution in [0.1, 0.15) is 46.0 Å². The zero-order valence-corrected chi connectivity index (χ0v) is 13.4. The van der Waals surface area contributed by atoms with Gasteiger partial charge in [0.25, 0.3) is 0 Å². The Balaban J connectivity index is 2.25. The third-order valence-corrected chi connectivity index (χ3v) is 4.20. The van der Waals surface area contributed by atoms with Crippen molar-refractivity contribution in [3.63, 3.8) is 0 Å². The summed E-state index contributed by atoms with van der Waals surface area (Å²) >= 11 is 0. The number of hydrogen-bond donors (Lipinski definition) is 2. The van der Waals surface area contributed by atoms with Crippen molar-refractivity contribution in [3.05, 3.63) is 0 Å². The summed E-state index contributed by atoms with van der Waals surface area (Å²) in [6, 6.07) is -0.0524. The molecule has 1 aliphatic heterocycles. The van der Waals surface area contributed by atoms with Crippen LogP contribution in [0.5, 0.6) is 0 Å². The van der Waals surface area contributed by atoms with E-state index in [4.69, 9.17) is 9.84 Å². The number of likely N-dealkylation sites (tertiary alicyclic amines) is 1. The number of piperidine rings is 1. The van der Waals surface area contributed by atoms with Crippen LogP contribution < -0.4 is 5.32 Å². The molecular formula is C15H28N2O4. The molecule has 1 rings (SSSR count). The molecule has 2 amide bonds. The maximum absolute atomic E-state index is 12.1. The van der Waals surface area contributed by atoms with E-state index in [0.717, 1.165) is 25.8 Å². The normalized spacial score (nSPS) is 23.7. The number of carboxylic acids is 1. The van der Waals surface area contributed by atoms with Crippen LogP contribution in [-0.2, 0) is 9.53 Å². The zero-order valence-electron chi connectivity index (χ0n) is 13.4. The largest absolute Gasteiger partial charge is 0.481 e. The van der Waals surface area contributed by atoms with Gasteiger partial charge in [-0.15, -0.1) is 0 Å². The average molecular weight is 300 g/mol. The van der Waals surface area contributed by atoms with Crippen LogP contribution in [0, 0.1) is 5.92 Å². The predicted octanol–water partition coefficient (Wildman–Crippen LogP) is 2.09. The molecule has 0 aliphatic carbocycles. The van der Waals surface area contributed by atoms with Crippen molar-refractivity contribution in [2.45, 2.75) is 51.6 Å². The smallest absolute Gasteiger partial charge is 0.317 e. The Morgan fingerprint density at radius 3 is 2.76 bits per heavy atom. The van der Waals surface area contributed by atoms with Crippen molar-refractivity contribution in [2.75, 3.05) is 26.7 Å². The second-order valence-electron chi connectivity index (χ2n) is 6.24. The molecule has 1 heterocycles. The van der Waals surface area contributed by atoms with Gasteiger partial charge in [-0.2, -0.15) is 0 Å². The first-order chi connectivity index (χ1) is 9.86. The van der Waals surface area contributed by atoms with E-state index in [9.17, 15) is 9.59 Å². The van der Waals surface area contributed by atoms with E-state index < -0.39 is 5.97 Å². The number of carbonyl (C=O) groups is 2. The Morgan fingerprint density at radius 2 is 2.14 bits per heavy atom. The van der Waals surface area contributed by atoms with Gasteiger partial charge in [-0.25, -0.2) is 4.79 Å². The Hall–Kier alpha value is -1.30. The van der Waals surface area contributed by atoms with Crippen LogP contribution in [0.2, 0.25) is 0 Å². The van der Waals surface area contributed by atoms with Crippen LogP contribution in [0.4, 0.5) is 4.79 Å². The predicted molar refractivity (Wildman–Crippen MR) is 80.3 cm³/mol. The quantitative estimate of drug-likeness (QED) is 0.754. The van der Waals surface area contributed by atoms with Crippen LogP contribution in [0.3, 0.4) is 0 Å². The summed E-state index contributed by atoms with van der Waals surface area (Å²) in [6.07, 6.45) is 3.56. The highest BCUT2D eigenvalue weighted by molar-refractivity contribution is 5.74. The van der Waals surface area contributed by atoms with Crippen LogP contribution >= 0.6 is 0 Å². The first kappa shape index (κ1) is 17.8. The van der Waals surface area contributed by atoms with Crippen LogP contribution in [-0.4, -0.2) is 54.4 Å². The van der Waals surface area contributed by atoms with Gasteiger partial charge >= 0.3 is 12.0 Å². The number of nitrogens with one attached hydrogen (secondary N) is 1. The number of nitrogens with zero attached hydrogens (tertiary/aromatic N) is 1. The highest BCUT2D eigenvalue weighted by Crippen LogP contribution is 2.23. The van der Waals surface area contributed by atoms with E-state index in [2.05, 4.69) is 5.32 Å². The molecule has 1 aliphatic rings. The van der Waals surface area contributed by atoms with Gasteiger partial charge in [0, 0.05) is 26.6 Å². The van der Waals surface area contributed by atoms with Crippen molar-refractivity contribution < 1.29 is 19.4 Å².